The summed E-state index contributed by atoms with van der Waals surface area (Å²) in [6.07, 6.45) is 1.74. The fourth-order valence-electron chi connectivity index (χ4n) is 1.03. The molecule has 0 fully saturated rings. The van der Waals surface area contributed by atoms with Gasteiger partial charge in [0.25, 0.3) is 0 Å². The summed E-state index contributed by atoms with van der Waals surface area (Å²) in [7, 11) is -6.71. The van der Waals surface area contributed by atoms with Crippen molar-refractivity contribution in [2.75, 3.05) is 0 Å². The van der Waals surface area contributed by atoms with Crippen LogP contribution in [0.25, 0.3) is 0 Å². The zero-order valence-corrected chi connectivity index (χ0v) is 13.7. The summed E-state index contributed by atoms with van der Waals surface area (Å²) in [5.74, 6) is 1.57. The molecule has 0 aliphatic rings. The molecule has 3 nitrogen and oxygen atoms in total. The molecule has 0 aromatic rings. The van der Waals surface area contributed by atoms with Crippen LogP contribution in [0.4, 0.5) is 0 Å². The first-order valence-corrected chi connectivity index (χ1v) is 13.6. The minimum Gasteiger partial charge on any atom is -0.349 e. The molecule has 0 unspecified atom stereocenters. The van der Waals surface area contributed by atoms with Gasteiger partial charge in [0.15, 0.2) is 16.6 Å². The molecule has 0 atom stereocenters. The maximum atomic E-state index is 12.4. The molecule has 0 N–H and O–H groups in total. The predicted molar refractivity (Wildman–Crippen MR) is 71.3 cm³/mol. The maximum absolute atomic E-state index is 12.4. The van der Waals surface area contributed by atoms with Crippen LogP contribution in [0.1, 0.15) is 6.92 Å². The summed E-state index contributed by atoms with van der Waals surface area (Å²) in [6.45, 7) is 13.9. The van der Waals surface area contributed by atoms with Gasteiger partial charge in [-0.2, -0.15) is 0 Å². The third kappa shape index (κ3) is 8.16. The summed E-state index contributed by atoms with van der Waals surface area (Å²) < 4.78 is 23.7. The molecule has 6 heteroatoms. The van der Waals surface area contributed by atoms with Crippen LogP contribution in [0.5, 0.6) is 0 Å². The molecule has 0 rings (SSSR count). The lowest BCUT2D eigenvalue weighted by Crippen LogP contribution is -2.29. The Balaban J connectivity index is 4.85. The SMILES string of the molecule is C/C=C/P(=O)(O[Si](C)(C)C)O[Si](C)(C)C. The van der Waals surface area contributed by atoms with Crippen LogP contribution in [0.2, 0.25) is 39.3 Å². The Bertz CT molecular complexity index is 256. The zero-order chi connectivity index (χ0) is 12.3. The van der Waals surface area contributed by atoms with Gasteiger partial charge in [0.05, 0.1) is 0 Å². The minimum atomic E-state index is -3.02. The van der Waals surface area contributed by atoms with E-state index in [4.69, 9.17) is 8.43 Å². The number of rotatable bonds is 5. The van der Waals surface area contributed by atoms with Crippen molar-refractivity contribution in [2.45, 2.75) is 46.2 Å². The summed E-state index contributed by atoms with van der Waals surface area (Å²) in [5.41, 5.74) is 0. The van der Waals surface area contributed by atoms with Crippen molar-refractivity contribution in [3.05, 3.63) is 11.9 Å². The van der Waals surface area contributed by atoms with Crippen LogP contribution in [-0.2, 0) is 13.0 Å². The highest BCUT2D eigenvalue weighted by atomic mass is 31.2. The van der Waals surface area contributed by atoms with Crippen molar-refractivity contribution in [3.63, 3.8) is 0 Å². The Morgan fingerprint density at radius 2 is 1.27 bits per heavy atom. The maximum Gasteiger partial charge on any atom is 0.334 e. The van der Waals surface area contributed by atoms with E-state index in [0.29, 0.717) is 0 Å². The van der Waals surface area contributed by atoms with Crippen LogP contribution in [0, 0.1) is 0 Å². The van der Waals surface area contributed by atoms with Crippen molar-refractivity contribution >= 4 is 24.2 Å². The molecule has 0 amide bonds. The molecule has 0 bridgehead atoms. The molecular weight excluding hydrogens is 243 g/mol. The molecule has 0 aromatic carbocycles. The lowest BCUT2D eigenvalue weighted by molar-refractivity contribution is 0.395. The second-order valence-electron chi connectivity index (χ2n) is 5.43. The van der Waals surface area contributed by atoms with Gasteiger partial charge in [0.1, 0.15) is 0 Å². The van der Waals surface area contributed by atoms with Crippen molar-refractivity contribution in [3.8, 4) is 0 Å². The average Bonchev–Trinajstić information content (AvgIpc) is 1.74. The first kappa shape index (κ1) is 15.3. The van der Waals surface area contributed by atoms with Crippen LogP contribution in [0.3, 0.4) is 0 Å². The molecule has 0 aliphatic carbocycles. The zero-order valence-electron chi connectivity index (χ0n) is 10.8. The van der Waals surface area contributed by atoms with E-state index >= 15 is 0 Å². The Morgan fingerprint density at radius 3 is 1.47 bits per heavy atom. The topological polar surface area (TPSA) is 35.5 Å². The van der Waals surface area contributed by atoms with Gasteiger partial charge in [-0.05, 0) is 46.2 Å². The van der Waals surface area contributed by atoms with Crippen LogP contribution < -0.4 is 0 Å². The smallest absolute Gasteiger partial charge is 0.334 e. The monoisotopic (exact) mass is 266 g/mol. The quantitative estimate of drug-likeness (QED) is 0.546. The van der Waals surface area contributed by atoms with E-state index < -0.39 is 24.2 Å². The molecule has 0 spiro atoms. The standard InChI is InChI=1S/C9H23O3PSi2/c1-8-9-13(10,11-14(2,3)4)12-15(5,6)7/h8-9H,1-7H3/b9-8+. The van der Waals surface area contributed by atoms with E-state index in [-0.39, 0.29) is 0 Å². The number of allylic oxidation sites excluding steroid dienone is 1. The van der Waals surface area contributed by atoms with E-state index in [1.54, 1.807) is 11.9 Å². The van der Waals surface area contributed by atoms with Crippen molar-refractivity contribution in [1.82, 2.24) is 0 Å². The lowest BCUT2D eigenvalue weighted by Gasteiger charge is -2.28. The highest BCUT2D eigenvalue weighted by Gasteiger charge is 2.34. The Morgan fingerprint density at radius 1 is 0.933 bits per heavy atom. The molecule has 0 saturated carbocycles. The van der Waals surface area contributed by atoms with Crippen LogP contribution in [0.15, 0.2) is 11.9 Å². The van der Waals surface area contributed by atoms with E-state index in [1.165, 1.54) is 0 Å². The number of hydrogen-bond donors (Lipinski definition) is 0. The second kappa shape index (κ2) is 5.10. The van der Waals surface area contributed by atoms with Crippen molar-refractivity contribution in [2.24, 2.45) is 0 Å². The Labute approximate surface area is 95.7 Å². The molecule has 90 valence electrons. The molecular formula is C9H23O3PSi2. The van der Waals surface area contributed by atoms with E-state index in [0.717, 1.165) is 0 Å². The summed E-state index contributed by atoms with van der Waals surface area (Å²) in [5, 5.41) is 0. The van der Waals surface area contributed by atoms with Crippen LogP contribution in [-0.4, -0.2) is 16.6 Å². The van der Waals surface area contributed by atoms with E-state index in [9.17, 15) is 4.57 Å². The van der Waals surface area contributed by atoms with Crippen LogP contribution >= 0.6 is 7.60 Å². The first-order chi connectivity index (χ1) is 6.47. The molecule has 0 aromatic heterocycles. The fourth-order valence-corrected chi connectivity index (χ4v) is 8.47. The third-order valence-corrected chi connectivity index (χ3v) is 8.21. The van der Waals surface area contributed by atoms with E-state index in [2.05, 4.69) is 0 Å². The normalized spacial score (nSPS) is 14.9. The van der Waals surface area contributed by atoms with Gasteiger partial charge in [0, 0.05) is 5.82 Å². The largest absolute Gasteiger partial charge is 0.349 e. The third-order valence-electron chi connectivity index (χ3n) is 1.13. The van der Waals surface area contributed by atoms with Gasteiger partial charge in [0.2, 0.25) is 0 Å². The molecule has 0 saturated heterocycles. The average molecular weight is 266 g/mol. The molecule has 15 heavy (non-hydrogen) atoms. The predicted octanol–water partition coefficient (Wildman–Crippen LogP) is 4.42. The molecule has 0 heterocycles. The Kier molecular flexibility index (Phi) is 5.21. The van der Waals surface area contributed by atoms with Gasteiger partial charge < -0.3 is 8.43 Å². The van der Waals surface area contributed by atoms with Gasteiger partial charge in [-0.3, -0.25) is 4.57 Å². The summed E-state index contributed by atoms with van der Waals surface area (Å²) in [6, 6.07) is 0. The van der Waals surface area contributed by atoms with Crippen molar-refractivity contribution in [1.29, 1.82) is 0 Å². The van der Waals surface area contributed by atoms with Gasteiger partial charge in [-0.15, -0.1) is 0 Å². The Hall–Kier alpha value is 0.324. The van der Waals surface area contributed by atoms with Gasteiger partial charge >= 0.3 is 7.60 Å². The fraction of sp³-hybridized carbons (Fsp3) is 0.778. The summed E-state index contributed by atoms with van der Waals surface area (Å²) in [4.78, 5) is 0. The molecule has 0 radical (unpaired) electrons. The van der Waals surface area contributed by atoms with E-state index in [1.807, 2.05) is 46.2 Å². The molecule has 0 aliphatic heterocycles. The summed E-state index contributed by atoms with van der Waals surface area (Å²) >= 11 is 0. The highest BCUT2D eigenvalue weighted by Crippen LogP contribution is 2.54. The van der Waals surface area contributed by atoms with Gasteiger partial charge in [-0.1, -0.05) is 6.08 Å². The number of hydrogen-bond acceptors (Lipinski definition) is 3. The van der Waals surface area contributed by atoms with Crippen molar-refractivity contribution < 1.29 is 13.0 Å². The van der Waals surface area contributed by atoms with Gasteiger partial charge in [-0.25, -0.2) is 0 Å². The lowest BCUT2D eigenvalue weighted by atomic mass is 10.8. The minimum absolute atomic E-state index is 1.57. The highest BCUT2D eigenvalue weighted by molar-refractivity contribution is 7.60. The second-order valence-corrected chi connectivity index (χ2v) is 16.7. The first-order valence-electron chi connectivity index (χ1n) is 5.12.